The second-order valence-electron chi connectivity index (χ2n) is 1.78. The molecule has 1 unspecified atom stereocenters. The molecule has 0 amide bonds. The minimum atomic E-state index is 1.15. The first kappa shape index (κ1) is 6.44. The van der Waals surface area contributed by atoms with Crippen molar-refractivity contribution in [3.63, 3.8) is 0 Å². The number of nitrogens with zero attached hydrogens (tertiary/aromatic N) is 1. The van der Waals surface area contributed by atoms with Gasteiger partial charge in [-0.3, -0.25) is 0 Å². The van der Waals surface area contributed by atoms with Crippen LogP contribution in [0.15, 0.2) is 31.1 Å². The van der Waals surface area contributed by atoms with Gasteiger partial charge in [0.25, 0.3) is 0 Å². The molecular formula is C7H9NP+. The maximum Gasteiger partial charge on any atom is 0.170 e. The molecule has 0 saturated heterocycles. The zero-order valence-electron chi connectivity index (χ0n) is 5.12. The van der Waals surface area contributed by atoms with Gasteiger partial charge in [-0.1, -0.05) is 12.7 Å². The zero-order chi connectivity index (χ0) is 6.69. The summed E-state index contributed by atoms with van der Waals surface area (Å²) >= 11 is 0. The van der Waals surface area contributed by atoms with Crippen molar-refractivity contribution in [1.82, 2.24) is 0 Å². The molecule has 1 aromatic rings. The normalized spacial score (nSPS) is 9.00. The van der Waals surface area contributed by atoms with Crippen LogP contribution in [0.1, 0.15) is 5.56 Å². The number of aromatic nitrogens is 1. The largest absolute Gasteiger partial charge is 0.195 e. The lowest BCUT2D eigenvalue weighted by atomic mass is 10.3. The van der Waals surface area contributed by atoms with Crippen molar-refractivity contribution in [2.24, 2.45) is 0 Å². The van der Waals surface area contributed by atoms with E-state index in [0.29, 0.717) is 0 Å². The molecule has 0 fully saturated rings. The minimum Gasteiger partial charge on any atom is -0.195 e. The van der Waals surface area contributed by atoms with Gasteiger partial charge >= 0.3 is 0 Å². The summed E-state index contributed by atoms with van der Waals surface area (Å²) in [6, 6.07) is 4.00. The van der Waals surface area contributed by atoms with E-state index >= 15 is 0 Å². The molecule has 2 heteroatoms. The van der Waals surface area contributed by atoms with Gasteiger partial charge in [-0.2, -0.15) is 4.34 Å². The average Bonchev–Trinajstić information content (AvgIpc) is 1.90. The van der Waals surface area contributed by atoms with Crippen molar-refractivity contribution in [2.45, 2.75) is 0 Å². The third-order valence-electron chi connectivity index (χ3n) is 1.11. The number of pyridine rings is 1. The smallest absolute Gasteiger partial charge is 0.170 e. The maximum atomic E-state index is 3.64. The van der Waals surface area contributed by atoms with Crippen LogP contribution < -0.4 is 4.34 Å². The van der Waals surface area contributed by atoms with E-state index < -0.39 is 0 Å². The Morgan fingerprint density at radius 1 is 1.44 bits per heavy atom. The topological polar surface area (TPSA) is 3.88 Å². The molecule has 0 spiro atoms. The molecule has 0 aliphatic rings. The molecule has 0 aromatic carbocycles. The van der Waals surface area contributed by atoms with Crippen LogP contribution in [-0.2, 0) is 0 Å². The summed E-state index contributed by atoms with van der Waals surface area (Å²) in [5, 5.41) is 0. The Labute approximate surface area is 57.3 Å². The van der Waals surface area contributed by atoms with Gasteiger partial charge in [-0.25, -0.2) is 0 Å². The standard InChI is InChI=1S/C7H9NP/c1-2-7-3-5-8(9)6-4-7/h2-6H,1,9H2/q+1. The highest BCUT2D eigenvalue weighted by Gasteiger charge is 1.88. The Kier molecular flexibility index (Phi) is 1.96. The average molecular weight is 138 g/mol. The van der Waals surface area contributed by atoms with Crippen LogP contribution in [0.4, 0.5) is 0 Å². The van der Waals surface area contributed by atoms with E-state index in [4.69, 9.17) is 0 Å². The Hall–Kier alpha value is -0.680. The Bertz CT molecular complexity index is 203. The molecule has 0 aliphatic carbocycles. The summed E-state index contributed by atoms with van der Waals surface area (Å²) in [6.45, 7) is 3.64. The van der Waals surface area contributed by atoms with Gasteiger partial charge in [0, 0.05) is 12.1 Å². The summed E-state index contributed by atoms with van der Waals surface area (Å²) in [6.07, 6.45) is 5.74. The first-order valence-corrected chi connectivity index (χ1v) is 3.23. The fourth-order valence-corrected chi connectivity index (χ4v) is 0.758. The minimum absolute atomic E-state index is 1.15. The molecule has 0 saturated carbocycles. The van der Waals surface area contributed by atoms with Gasteiger partial charge in [0.1, 0.15) is 0 Å². The van der Waals surface area contributed by atoms with Crippen molar-refractivity contribution < 1.29 is 4.34 Å². The number of hydrogen-bond acceptors (Lipinski definition) is 0. The van der Waals surface area contributed by atoms with Gasteiger partial charge in [-0.05, 0) is 5.56 Å². The van der Waals surface area contributed by atoms with Gasteiger partial charge in [0.05, 0.1) is 0 Å². The molecule has 9 heavy (non-hydrogen) atoms. The van der Waals surface area contributed by atoms with Crippen LogP contribution in [0.3, 0.4) is 0 Å². The fraction of sp³-hybridized carbons (Fsp3) is 0. The molecule has 1 aromatic heterocycles. The third-order valence-corrected chi connectivity index (χ3v) is 1.46. The van der Waals surface area contributed by atoms with Gasteiger partial charge in [-0.15, -0.1) is 0 Å². The SMILES string of the molecule is C=Cc1cc[n+](P)cc1. The molecule has 1 nitrogen and oxygen atoms in total. The van der Waals surface area contributed by atoms with Crippen molar-refractivity contribution >= 4 is 15.5 Å². The van der Waals surface area contributed by atoms with E-state index in [2.05, 4.69) is 16.0 Å². The van der Waals surface area contributed by atoms with Crippen molar-refractivity contribution in [2.75, 3.05) is 0 Å². The molecule has 1 rings (SSSR count). The predicted octanol–water partition coefficient (Wildman–Crippen LogP) is 1.26. The third kappa shape index (κ3) is 1.62. The predicted molar refractivity (Wildman–Crippen MR) is 41.8 cm³/mol. The summed E-state index contributed by atoms with van der Waals surface area (Å²) in [5.74, 6) is 0. The van der Waals surface area contributed by atoms with Crippen molar-refractivity contribution in [3.05, 3.63) is 36.7 Å². The molecule has 0 N–H and O–H groups in total. The molecule has 0 aliphatic heterocycles. The second kappa shape index (κ2) is 2.75. The molecular weight excluding hydrogens is 129 g/mol. The van der Waals surface area contributed by atoms with E-state index in [1.54, 1.807) is 0 Å². The number of rotatable bonds is 1. The zero-order valence-corrected chi connectivity index (χ0v) is 6.27. The molecule has 1 heterocycles. The maximum absolute atomic E-state index is 3.64. The molecule has 46 valence electrons. The highest BCUT2D eigenvalue weighted by atomic mass is 31.0. The first-order chi connectivity index (χ1) is 4.33. The van der Waals surface area contributed by atoms with E-state index in [-0.39, 0.29) is 0 Å². The molecule has 1 atom stereocenters. The summed E-state index contributed by atoms with van der Waals surface area (Å²) in [4.78, 5) is 0. The van der Waals surface area contributed by atoms with E-state index in [1.807, 2.05) is 34.9 Å². The van der Waals surface area contributed by atoms with Crippen LogP contribution >= 0.6 is 9.39 Å². The first-order valence-electron chi connectivity index (χ1n) is 2.72. The lowest BCUT2D eigenvalue weighted by molar-refractivity contribution is -0.499. The second-order valence-corrected chi connectivity index (χ2v) is 2.38. The Morgan fingerprint density at radius 2 is 2.00 bits per heavy atom. The van der Waals surface area contributed by atoms with E-state index in [9.17, 15) is 0 Å². The number of hydrogen-bond donors (Lipinski definition) is 0. The van der Waals surface area contributed by atoms with Gasteiger partial charge in [0.2, 0.25) is 0 Å². The summed E-state index contributed by atoms with van der Waals surface area (Å²) in [7, 11) is 2.55. The Balaban J connectivity index is 3.01. The highest BCUT2D eigenvalue weighted by molar-refractivity contribution is 7.07. The van der Waals surface area contributed by atoms with Gasteiger partial charge in [0.15, 0.2) is 21.8 Å². The quantitative estimate of drug-likeness (QED) is 0.514. The van der Waals surface area contributed by atoms with Crippen molar-refractivity contribution in [3.8, 4) is 0 Å². The van der Waals surface area contributed by atoms with Crippen LogP contribution in [0, 0.1) is 0 Å². The summed E-state index contributed by atoms with van der Waals surface area (Å²) in [5.41, 5.74) is 1.15. The van der Waals surface area contributed by atoms with E-state index in [1.165, 1.54) is 0 Å². The van der Waals surface area contributed by atoms with Gasteiger partial charge < -0.3 is 0 Å². The Morgan fingerprint density at radius 3 is 2.44 bits per heavy atom. The summed E-state index contributed by atoms with van der Waals surface area (Å²) < 4.78 is 1.91. The van der Waals surface area contributed by atoms with Crippen LogP contribution in [-0.4, -0.2) is 0 Å². The van der Waals surface area contributed by atoms with Crippen LogP contribution in [0.2, 0.25) is 0 Å². The van der Waals surface area contributed by atoms with Crippen LogP contribution in [0.5, 0.6) is 0 Å². The van der Waals surface area contributed by atoms with E-state index in [0.717, 1.165) is 5.56 Å². The monoisotopic (exact) mass is 138 g/mol. The highest BCUT2D eigenvalue weighted by Crippen LogP contribution is 1.95. The van der Waals surface area contributed by atoms with Crippen LogP contribution in [0.25, 0.3) is 6.08 Å². The molecule has 0 bridgehead atoms. The lowest BCUT2D eigenvalue weighted by Gasteiger charge is -1.86. The molecule has 0 radical (unpaired) electrons. The lowest BCUT2D eigenvalue weighted by Crippen LogP contribution is -2.15. The van der Waals surface area contributed by atoms with Crippen molar-refractivity contribution in [1.29, 1.82) is 0 Å². The fourth-order valence-electron chi connectivity index (χ4n) is 0.586.